The molecule has 8 heteroatoms. The molecule has 1 amide bonds. The first-order valence-electron chi connectivity index (χ1n) is 6.69. The molecule has 0 saturated heterocycles. The minimum absolute atomic E-state index is 0.0879. The summed E-state index contributed by atoms with van der Waals surface area (Å²) >= 11 is 1.04. The smallest absolute Gasteiger partial charge is 0.406 e. The zero-order valence-corrected chi connectivity index (χ0v) is 12.4. The van der Waals surface area contributed by atoms with Crippen LogP contribution in [0.2, 0.25) is 0 Å². The van der Waals surface area contributed by atoms with E-state index in [0.717, 1.165) is 16.2 Å². The number of furan rings is 1. The van der Waals surface area contributed by atoms with Crippen LogP contribution in [0.5, 0.6) is 0 Å². The molecule has 0 N–H and O–H groups in total. The van der Waals surface area contributed by atoms with Crippen molar-refractivity contribution in [3.63, 3.8) is 0 Å². The number of carbonyl (C=O) groups is 1. The highest BCUT2D eigenvalue weighted by Gasteiger charge is 2.49. The van der Waals surface area contributed by atoms with Crippen LogP contribution < -0.4 is 4.90 Å². The number of thiazole rings is 1. The molecule has 22 heavy (non-hydrogen) atoms. The standard InChI is InChI=1S/C14H13F3N2O2S/c1-8-6-22-13(18-8)19(7-14(15,16)17)12(20)10-5-9(10)11-3-2-4-21-11/h2-4,6,9-10H,5,7H2,1H3/t9-,10-/m0/s1. The van der Waals surface area contributed by atoms with Crippen molar-refractivity contribution in [2.45, 2.75) is 25.4 Å². The summed E-state index contributed by atoms with van der Waals surface area (Å²) in [5.74, 6) is -0.522. The third-order valence-corrected chi connectivity index (χ3v) is 4.44. The number of hydrogen-bond acceptors (Lipinski definition) is 4. The molecule has 2 heterocycles. The van der Waals surface area contributed by atoms with Crippen molar-refractivity contribution in [2.24, 2.45) is 5.92 Å². The molecule has 2 aromatic heterocycles. The number of carbonyl (C=O) groups excluding carboxylic acids is 1. The van der Waals surface area contributed by atoms with Gasteiger partial charge in [-0.25, -0.2) is 4.98 Å². The highest BCUT2D eigenvalue weighted by Crippen LogP contribution is 2.49. The normalized spacial score (nSPS) is 20.9. The van der Waals surface area contributed by atoms with Crippen molar-refractivity contribution in [3.05, 3.63) is 35.2 Å². The van der Waals surface area contributed by atoms with Crippen LogP contribution >= 0.6 is 11.3 Å². The van der Waals surface area contributed by atoms with Crippen LogP contribution in [-0.2, 0) is 4.79 Å². The zero-order chi connectivity index (χ0) is 15.9. The molecule has 118 valence electrons. The number of aryl methyl sites for hydroxylation is 1. The van der Waals surface area contributed by atoms with Gasteiger partial charge in [0.1, 0.15) is 12.3 Å². The Bertz CT molecular complexity index is 666. The molecular formula is C14H13F3N2O2S. The first kappa shape index (κ1) is 15.1. The molecular weight excluding hydrogens is 317 g/mol. The zero-order valence-electron chi connectivity index (χ0n) is 11.6. The third-order valence-electron chi connectivity index (χ3n) is 3.46. The minimum Gasteiger partial charge on any atom is -0.469 e. The van der Waals surface area contributed by atoms with Gasteiger partial charge >= 0.3 is 6.18 Å². The van der Waals surface area contributed by atoms with E-state index in [9.17, 15) is 18.0 Å². The Hall–Kier alpha value is -1.83. The Morgan fingerprint density at radius 1 is 1.55 bits per heavy atom. The Labute approximate surface area is 128 Å². The second kappa shape index (κ2) is 5.42. The predicted octanol–water partition coefficient (Wildman–Crippen LogP) is 3.74. The van der Waals surface area contributed by atoms with Crippen LogP contribution in [0.4, 0.5) is 18.3 Å². The molecule has 0 unspecified atom stereocenters. The van der Waals surface area contributed by atoms with Gasteiger partial charge in [-0.1, -0.05) is 0 Å². The summed E-state index contributed by atoms with van der Waals surface area (Å²) in [6.07, 6.45) is -2.47. The number of alkyl halides is 3. The van der Waals surface area contributed by atoms with Gasteiger partial charge in [-0.3, -0.25) is 9.69 Å². The quantitative estimate of drug-likeness (QED) is 0.858. The summed E-state index contributed by atoms with van der Waals surface area (Å²) in [6.45, 7) is 0.360. The molecule has 0 radical (unpaired) electrons. The number of aromatic nitrogens is 1. The molecule has 0 bridgehead atoms. The average Bonchev–Trinajstić information content (AvgIpc) is 2.85. The lowest BCUT2D eigenvalue weighted by molar-refractivity contribution is -0.133. The largest absolute Gasteiger partial charge is 0.469 e. The Kier molecular flexibility index (Phi) is 3.72. The minimum atomic E-state index is -4.47. The van der Waals surface area contributed by atoms with E-state index < -0.39 is 24.5 Å². The average molecular weight is 330 g/mol. The van der Waals surface area contributed by atoms with Crippen LogP contribution in [0.15, 0.2) is 28.2 Å². The first-order valence-corrected chi connectivity index (χ1v) is 7.57. The molecule has 1 saturated carbocycles. The van der Waals surface area contributed by atoms with Crippen LogP contribution in [0.25, 0.3) is 0 Å². The fourth-order valence-electron chi connectivity index (χ4n) is 2.37. The van der Waals surface area contributed by atoms with Crippen LogP contribution in [0.1, 0.15) is 23.8 Å². The van der Waals surface area contributed by atoms with E-state index in [1.165, 1.54) is 6.26 Å². The number of nitrogens with zero attached hydrogens (tertiary/aromatic N) is 2. The van der Waals surface area contributed by atoms with Gasteiger partial charge in [0.2, 0.25) is 5.91 Å². The Morgan fingerprint density at radius 3 is 2.86 bits per heavy atom. The number of amides is 1. The second-order valence-corrected chi connectivity index (χ2v) is 6.11. The van der Waals surface area contributed by atoms with Gasteiger partial charge in [-0.15, -0.1) is 11.3 Å². The highest BCUT2D eigenvalue weighted by atomic mass is 32.1. The summed E-state index contributed by atoms with van der Waals surface area (Å²) in [7, 11) is 0. The van der Waals surface area contributed by atoms with Crippen molar-refractivity contribution in [3.8, 4) is 0 Å². The van der Waals surface area contributed by atoms with Crippen LogP contribution in [-0.4, -0.2) is 23.6 Å². The van der Waals surface area contributed by atoms with Gasteiger partial charge in [-0.2, -0.15) is 13.2 Å². The van der Waals surface area contributed by atoms with Gasteiger partial charge in [0.25, 0.3) is 0 Å². The van der Waals surface area contributed by atoms with Crippen molar-refractivity contribution >= 4 is 22.4 Å². The number of halogens is 3. The van der Waals surface area contributed by atoms with E-state index in [0.29, 0.717) is 17.9 Å². The summed E-state index contributed by atoms with van der Waals surface area (Å²) in [5, 5.41) is 1.72. The maximum absolute atomic E-state index is 12.8. The summed E-state index contributed by atoms with van der Waals surface area (Å²) < 4.78 is 43.6. The summed E-state index contributed by atoms with van der Waals surface area (Å²) in [4.78, 5) is 17.2. The molecule has 0 aliphatic heterocycles. The second-order valence-electron chi connectivity index (χ2n) is 5.28. The van der Waals surface area contributed by atoms with Crippen molar-refractivity contribution in [2.75, 3.05) is 11.4 Å². The van der Waals surface area contributed by atoms with Gasteiger partial charge in [0, 0.05) is 17.2 Å². The van der Waals surface area contributed by atoms with Gasteiger partial charge in [0.05, 0.1) is 12.0 Å². The Balaban J connectivity index is 1.79. The lowest BCUT2D eigenvalue weighted by atomic mass is 10.2. The highest BCUT2D eigenvalue weighted by molar-refractivity contribution is 7.14. The molecule has 0 aromatic carbocycles. The monoisotopic (exact) mass is 330 g/mol. The molecule has 1 fully saturated rings. The molecule has 2 atom stereocenters. The first-order chi connectivity index (χ1) is 10.3. The van der Waals surface area contributed by atoms with Gasteiger partial charge < -0.3 is 4.42 Å². The van der Waals surface area contributed by atoms with E-state index in [4.69, 9.17) is 4.42 Å². The lowest BCUT2D eigenvalue weighted by Crippen LogP contribution is -2.40. The molecule has 1 aliphatic carbocycles. The number of hydrogen-bond donors (Lipinski definition) is 0. The molecule has 0 spiro atoms. The van der Waals surface area contributed by atoms with E-state index in [1.807, 2.05) is 0 Å². The van der Waals surface area contributed by atoms with Crippen LogP contribution in [0.3, 0.4) is 0 Å². The molecule has 4 nitrogen and oxygen atoms in total. The summed E-state index contributed by atoms with van der Waals surface area (Å²) in [6, 6.07) is 3.44. The van der Waals surface area contributed by atoms with Crippen molar-refractivity contribution in [1.29, 1.82) is 0 Å². The SMILES string of the molecule is Cc1csc(N(CC(F)(F)F)C(=O)[C@H]2C[C@@H]2c2ccco2)n1. The fourth-order valence-corrected chi connectivity index (χ4v) is 3.18. The number of rotatable bonds is 4. The van der Waals surface area contributed by atoms with E-state index in [-0.39, 0.29) is 11.0 Å². The van der Waals surface area contributed by atoms with Crippen LogP contribution in [0, 0.1) is 12.8 Å². The van der Waals surface area contributed by atoms with Crippen molar-refractivity contribution < 1.29 is 22.4 Å². The third kappa shape index (κ3) is 3.16. The molecule has 1 aliphatic rings. The maximum atomic E-state index is 12.8. The molecule has 3 rings (SSSR count). The predicted molar refractivity (Wildman–Crippen MR) is 74.8 cm³/mol. The van der Waals surface area contributed by atoms with E-state index in [1.54, 1.807) is 24.4 Å². The Morgan fingerprint density at radius 2 is 2.32 bits per heavy atom. The topological polar surface area (TPSA) is 46.3 Å². The van der Waals surface area contributed by atoms with Crippen molar-refractivity contribution in [1.82, 2.24) is 4.98 Å². The summed E-state index contributed by atoms with van der Waals surface area (Å²) in [5.41, 5.74) is 0.596. The maximum Gasteiger partial charge on any atom is 0.406 e. The van der Waals surface area contributed by atoms with Gasteiger partial charge in [0.15, 0.2) is 5.13 Å². The van der Waals surface area contributed by atoms with E-state index in [2.05, 4.69) is 4.98 Å². The van der Waals surface area contributed by atoms with Gasteiger partial charge in [-0.05, 0) is 25.5 Å². The fraction of sp³-hybridized carbons (Fsp3) is 0.429. The van der Waals surface area contributed by atoms with E-state index >= 15 is 0 Å². The lowest BCUT2D eigenvalue weighted by Gasteiger charge is -2.21. The number of anilines is 1. The molecule has 2 aromatic rings.